The maximum Gasteiger partial charge on any atom is 0.252 e. The van der Waals surface area contributed by atoms with Crippen LogP contribution in [-0.2, 0) is 4.79 Å². The molecule has 0 saturated carbocycles. The summed E-state index contributed by atoms with van der Waals surface area (Å²) in [4.78, 5) is 23.3. The highest BCUT2D eigenvalue weighted by molar-refractivity contribution is 9.10. The van der Waals surface area contributed by atoms with Crippen molar-refractivity contribution in [1.82, 2.24) is 10.6 Å². The number of amides is 2. The van der Waals surface area contributed by atoms with Crippen molar-refractivity contribution in [3.63, 3.8) is 0 Å². The van der Waals surface area contributed by atoms with E-state index in [-0.39, 0.29) is 24.8 Å². The minimum Gasteiger partial charge on any atom is -0.356 e. The zero-order valence-electron chi connectivity index (χ0n) is 11.5. The van der Waals surface area contributed by atoms with Crippen molar-refractivity contribution in [1.29, 1.82) is 0 Å². The van der Waals surface area contributed by atoms with Gasteiger partial charge in [0.25, 0.3) is 5.91 Å². The second kappa shape index (κ2) is 7.99. The molecule has 6 heteroatoms. The number of rotatable bonds is 6. The van der Waals surface area contributed by atoms with Crippen molar-refractivity contribution in [3.8, 4) is 0 Å². The molecule has 0 unspecified atom stereocenters. The van der Waals surface area contributed by atoms with Gasteiger partial charge in [-0.15, -0.1) is 0 Å². The van der Waals surface area contributed by atoms with E-state index in [4.69, 9.17) is 0 Å². The van der Waals surface area contributed by atoms with Crippen molar-refractivity contribution in [2.45, 2.75) is 20.3 Å². The highest BCUT2D eigenvalue weighted by atomic mass is 79.9. The van der Waals surface area contributed by atoms with Crippen LogP contribution in [0.3, 0.4) is 0 Å². The Morgan fingerprint density at radius 3 is 2.60 bits per heavy atom. The average molecular weight is 345 g/mol. The maximum absolute atomic E-state index is 12.9. The van der Waals surface area contributed by atoms with Gasteiger partial charge < -0.3 is 10.6 Å². The van der Waals surface area contributed by atoms with Gasteiger partial charge in [-0.2, -0.15) is 0 Å². The Balaban J connectivity index is 2.38. The number of nitrogens with one attached hydrogen (secondary N) is 2. The molecule has 4 nitrogen and oxygen atoms in total. The Bertz CT molecular complexity index is 492. The Labute approximate surface area is 126 Å². The van der Waals surface area contributed by atoms with E-state index in [9.17, 15) is 14.0 Å². The summed E-state index contributed by atoms with van der Waals surface area (Å²) in [5.41, 5.74) is 0.342. The summed E-state index contributed by atoms with van der Waals surface area (Å²) in [6.45, 7) is 4.88. The van der Waals surface area contributed by atoms with Gasteiger partial charge in [-0.3, -0.25) is 9.59 Å². The fourth-order valence-electron chi connectivity index (χ4n) is 1.46. The van der Waals surface area contributed by atoms with Gasteiger partial charge in [-0.1, -0.05) is 13.8 Å². The molecule has 0 atom stereocenters. The van der Waals surface area contributed by atoms with E-state index >= 15 is 0 Å². The SMILES string of the molecule is CC(C)CNC(=O)CCNC(=O)c1ccc(F)cc1Br. The lowest BCUT2D eigenvalue weighted by Crippen LogP contribution is -2.32. The van der Waals surface area contributed by atoms with E-state index in [1.807, 2.05) is 13.8 Å². The molecule has 0 spiro atoms. The Kier molecular flexibility index (Phi) is 6.64. The first-order valence-corrected chi connectivity index (χ1v) is 7.19. The van der Waals surface area contributed by atoms with Gasteiger partial charge in [0.05, 0.1) is 5.56 Å². The van der Waals surface area contributed by atoms with Gasteiger partial charge in [0.2, 0.25) is 5.91 Å². The van der Waals surface area contributed by atoms with Crippen LogP contribution in [0.5, 0.6) is 0 Å². The Morgan fingerprint density at radius 2 is 2.00 bits per heavy atom. The highest BCUT2D eigenvalue weighted by Gasteiger charge is 2.11. The normalized spacial score (nSPS) is 10.4. The van der Waals surface area contributed by atoms with Crippen molar-refractivity contribution in [2.75, 3.05) is 13.1 Å². The topological polar surface area (TPSA) is 58.2 Å². The fourth-order valence-corrected chi connectivity index (χ4v) is 2.00. The summed E-state index contributed by atoms with van der Waals surface area (Å²) in [6.07, 6.45) is 0.220. The van der Waals surface area contributed by atoms with Crippen LogP contribution in [0, 0.1) is 11.7 Å². The van der Waals surface area contributed by atoms with E-state index in [2.05, 4.69) is 26.6 Å². The van der Waals surface area contributed by atoms with E-state index in [0.717, 1.165) is 0 Å². The molecule has 0 aromatic heterocycles. The van der Waals surface area contributed by atoms with Gasteiger partial charge in [-0.25, -0.2) is 4.39 Å². The number of carbonyl (C=O) groups excluding carboxylic acids is 2. The van der Waals surface area contributed by atoms with E-state index in [1.54, 1.807) is 0 Å². The third-order valence-electron chi connectivity index (χ3n) is 2.52. The fraction of sp³-hybridized carbons (Fsp3) is 0.429. The van der Waals surface area contributed by atoms with Crippen LogP contribution in [-0.4, -0.2) is 24.9 Å². The summed E-state index contributed by atoms with van der Waals surface area (Å²) in [5.74, 6) is -0.462. The summed E-state index contributed by atoms with van der Waals surface area (Å²) >= 11 is 3.13. The molecule has 0 aliphatic rings. The molecule has 1 rings (SSSR count). The number of benzene rings is 1. The first-order chi connectivity index (χ1) is 9.40. The molecule has 0 saturated heterocycles. The molecular weight excluding hydrogens is 327 g/mol. The molecule has 0 aliphatic heterocycles. The first kappa shape index (κ1) is 16.6. The number of carbonyl (C=O) groups is 2. The lowest BCUT2D eigenvalue weighted by molar-refractivity contribution is -0.121. The number of hydrogen-bond donors (Lipinski definition) is 2. The molecule has 0 heterocycles. The Hall–Kier alpha value is -1.43. The molecule has 2 amide bonds. The zero-order chi connectivity index (χ0) is 15.1. The molecule has 2 N–H and O–H groups in total. The summed E-state index contributed by atoms with van der Waals surface area (Å²) in [7, 11) is 0. The van der Waals surface area contributed by atoms with Gasteiger partial charge in [0.15, 0.2) is 0 Å². The maximum atomic E-state index is 12.9. The molecule has 0 radical (unpaired) electrons. The zero-order valence-corrected chi connectivity index (χ0v) is 13.1. The predicted molar refractivity (Wildman–Crippen MR) is 78.9 cm³/mol. The van der Waals surface area contributed by atoms with Crippen LogP contribution < -0.4 is 10.6 Å². The number of hydrogen-bond acceptors (Lipinski definition) is 2. The quantitative estimate of drug-likeness (QED) is 0.832. The molecule has 20 heavy (non-hydrogen) atoms. The molecule has 110 valence electrons. The smallest absolute Gasteiger partial charge is 0.252 e. The van der Waals surface area contributed by atoms with Crippen molar-refractivity contribution >= 4 is 27.7 Å². The monoisotopic (exact) mass is 344 g/mol. The minimum absolute atomic E-state index is 0.0998. The van der Waals surface area contributed by atoms with E-state index < -0.39 is 5.82 Å². The standard InChI is InChI=1S/C14H18BrFN2O2/c1-9(2)8-18-13(19)5-6-17-14(20)11-4-3-10(16)7-12(11)15/h3-4,7,9H,5-6,8H2,1-2H3,(H,17,20)(H,18,19). The summed E-state index contributed by atoms with van der Waals surface area (Å²) in [6, 6.07) is 3.84. The van der Waals surface area contributed by atoms with Gasteiger partial charge >= 0.3 is 0 Å². The molecule has 0 fully saturated rings. The number of halogens is 2. The third-order valence-corrected chi connectivity index (χ3v) is 3.18. The van der Waals surface area contributed by atoms with Crippen molar-refractivity contribution in [2.24, 2.45) is 5.92 Å². The second-order valence-electron chi connectivity index (χ2n) is 4.83. The van der Waals surface area contributed by atoms with Gasteiger partial charge in [0, 0.05) is 24.0 Å². The van der Waals surface area contributed by atoms with Crippen LogP contribution in [0.25, 0.3) is 0 Å². The van der Waals surface area contributed by atoms with Gasteiger partial charge in [-0.05, 0) is 40.0 Å². The molecule has 0 bridgehead atoms. The third kappa shape index (κ3) is 5.69. The molecule has 1 aromatic carbocycles. The van der Waals surface area contributed by atoms with Crippen LogP contribution in [0.2, 0.25) is 0 Å². The average Bonchev–Trinajstić information content (AvgIpc) is 2.36. The van der Waals surface area contributed by atoms with E-state index in [0.29, 0.717) is 22.5 Å². The lowest BCUT2D eigenvalue weighted by Gasteiger charge is -2.09. The van der Waals surface area contributed by atoms with Crippen molar-refractivity contribution < 1.29 is 14.0 Å². The van der Waals surface area contributed by atoms with Crippen LogP contribution in [0.1, 0.15) is 30.6 Å². The van der Waals surface area contributed by atoms with Crippen LogP contribution in [0.15, 0.2) is 22.7 Å². The molecular formula is C14H18BrFN2O2. The Morgan fingerprint density at radius 1 is 1.30 bits per heavy atom. The van der Waals surface area contributed by atoms with Crippen LogP contribution >= 0.6 is 15.9 Å². The predicted octanol–water partition coefficient (Wildman–Crippen LogP) is 2.48. The molecule has 1 aromatic rings. The van der Waals surface area contributed by atoms with Gasteiger partial charge in [0.1, 0.15) is 5.82 Å². The first-order valence-electron chi connectivity index (χ1n) is 6.40. The summed E-state index contributed by atoms with van der Waals surface area (Å²) < 4.78 is 13.3. The van der Waals surface area contributed by atoms with Crippen LogP contribution in [0.4, 0.5) is 4.39 Å². The van der Waals surface area contributed by atoms with Crippen molar-refractivity contribution in [3.05, 3.63) is 34.1 Å². The second-order valence-corrected chi connectivity index (χ2v) is 5.68. The highest BCUT2D eigenvalue weighted by Crippen LogP contribution is 2.17. The lowest BCUT2D eigenvalue weighted by atomic mass is 10.2. The van der Waals surface area contributed by atoms with E-state index in [1.165, 1.54) is 18.2 Å². The molecule has 0 aliphatic carbocycles. The minimum atomic E-state index is -0.415. The largest absolute Gasteiger partial charge is 0.356 e. The summed E-state index contributed by atoms with van der Waals surface area (Å²) in [5, 5.41) is 5.39.